The molecule has 0 bridgehead atoms. The third-order valence-corrected chi connectivity index (χ3v) is 5.07. The fourth-order valence-corrected chi connectivity index (χ4v) is 2.36. The van der Waals surface area contributed by atoms with E-state index in [4.69, 9.17) is 14.2 Å². The monoisotopic (exact) mass is 302 g/mol. The van der Waals surface area contributed by atoms with Gasteiger partial charge < -0.3 is 19.3 Å². The SMILES string of the molecule is CCC(O)COCC1(CC)COC1.CCC1(CC)COC1. The van der Waals surface area contributed by atoms with Crippen LogP contribution in [0.25, 0.3) is 0 Å². The molecule has 4 heteroatoms. The second-order valence-electron chi connectivity index (χ2n) is 6.62. The Balaban J connectivity index is 0.000000235. The minimum Gasteiger partial charge on any atom is -0.391 e. The summed E-state index contributed by atoms with van der Waals surface area (Å²) in [6.45, 7) is 13.4. The summed E-state index contributed by atoms with van der Waals surface area (Å²) in [6.07, 6.45) is 4.10. The van der Waals surface area contributed by atoms with Crippen LogP contribution < -0.4 is 0 Å². The lowest BCUT2D eigenvalue weighted by atomic mass is 9.81. The highest BCUT2D eigenvalue weighted by Gasteiger charge is 2.37. The van der Waals surface area contributed by atoms with E-state index in [0.717, 1.165) is 45.9 Å². The zero-order valence-electron chi connectivity index (χ0n) is 14.3. The predicted molar refractivity (Wildman–Crippen MR) is 84.5 cm³/mol. The van der Waals surface area contributed by atoms with Gasteiger partial charge in [0.1, 0.15) is 0 Å². The molecule has 2 fully saturated rings. The number of aliphatic hydroxyl groups is 1. The fraction of sp³-hybridized carbons (Fsp3) is 1.00. The Kier molecular flexibility index (Phi) is 8.17. The van der Waals surface area contributed by atoms with Crippen molar-refractivity contribution in [3.63, 3.8) is 0 Å². The molecule has 1 N–H and O–H groups in total. The van der Waals surface area contributed by atoms with E-state index >= 15 is 0 Å². The molecular weight excluding hydrogens is 268 g/mol. The second kappa shape index (κ2) is 9.09. The molecular formula is C17H34O4. The summed E-state index contributed by atoms with van der Waals surface area (Å²) in [6, 6.07) is 0. The van der Waals surface area contributed by atoms with Crippen molar-refractivity contribution >= 4 is 0 Å². The van der Waals surface area contributed by atoms with E-state index in [1.165, 1.54) is 12.8 Å². The Morgan fingerprint density at radius 1 is 0.905 bits per heavy atom. The minimum absolute atomic E-state index is 0.244. The molecule has 1 unspecified atom stereocenters. The van der Waals surface area contributed by atoms with Crippen LogP contribution in [0.1, 0.15) is 53.4 Å². The first-order chi connectivity index (χ1) is 10.1. The van der Waals surface area contributed by atoms with E-state index in [9.17, 15) is 5.11 Å². The molecule has 0 saturated carbocycles. The molecule has 4 nitrogen and oxygen atoms in total. The molecule has 126 valence electrons. The molecule has 0 radical (unpaired) electrons. The molecule has 2 heterocycles. The summed E-state index contributed by atoms with van der Waals surface area (Å²) >= 11 is 0. The van der Waals surface area contributed by atoms with E-state index in [-0.39, 0.29) is 11.5 Å². The lowest BCUT2D eigenvalue weighted by Crippen LogP contribution is -2.46. The number of hydrogen-bond donors (Lipinski definition) is 1. The summed E-state index contributed by atoms with van der Waals surface area (Å²) in [4.78, 5) is 0. The van der Waals surface area contributed by atoms with Crippen molar-refractivity contribution in [2.24, 2.45) is 10.8 Å². The molecule has 2 saturated heterocycles. The maximum atomic E-state index is 9.26. The lowest BCUT2D eigenvalue weighted by molar-refractivity contribution is -0.155. The second-order valence-corrected chi connectivity index (χ2v) is 6.62. The first-order valence-corrected chi connectivity index (χ1v) is 8.46. The predicted octanol–water partition coefficient (Wildman–Crippen LogP) is 3.02. The number of aliphatic hydroxyl groups excluding tert-OH is 1. The van der Waals surface area contributed by atoms with Crippen LogP contribution in [-0.2, 0) is 14.2 Å². The first kappa shape index (κ1) is 18.9. The van der Waals surface area contributed by atoms with E-state index in [2.05, 4.69) is 20.8 Å². The van der Waals surface area contributed by atoms with Crippen molar-refractivity contribution < 1.29 is 19.3 Å². The molecule has 2 aliphatic heterocycles. The van der Waals surface area contributed by atoms with Gasteiger partial charge in [-0.2, -0.15) is 0 Å². The van der Waals surface area contributed by atoms with Crippen molar-refractivity contribution in [2.75, 3.05) is 39.6 Å². The van der Waals surface area contributed by atoms with Gasteiger partial charge in [-0.3, -0.25) is 0 Å². The average Bonchev–Trinajstić information content (AvgIpc) is 2.42. The molecule has 0 aromatic heterocycles. The van der Waals surface area contributed by atoms with Gasteiger partial charge in [0.05, 0.1) is 45.7 Å². The lowest BCUT2D eigenvalue weighted by Gasteiger charge is -2.40. The number of rotatable bonds is 8. The Labute approximate surface area is 130 Å². The summed E-state index contributed by atoms with van der Waals surface area (Å²) in [5, 5.41) is 9.26. The first-order valence-electron chi connectivity index (χ1n) is 8.46. The van der Waals surface area contributed by atoms with Gasteiger partial charge in [0, 0.05) is 10.8 Å². The van der Waals surface area contributed by atoms with Crippen molar-refractivity contribution in [2.45, 2.75) is 59.5 Å². The number of hydrogen-bond acceptors (Lipinski definition) is 4. The van der Waals surface area contributed by atoms with Crippen molar-refractivity contribution in [3.8, 4) is 0 Å². The molecule has 0 aromatic rings. The standard InChI is InChI=1S/C10H20O3.C7H14O/c1-3-9(11)5-12-6-10(4-2)7-13-8-10;1-3-7(4-2)5-8-6-7/h9,11H,3-8H2,1-2H3;3-6H2,1-2H3. The van der Waals surface area contributed by atoms with Crippen LogP contribution in [0, 0.1) is 10.8 Å². The van der Waals surface area contributed by atoms with Crippen molar-refractivity contribution in [3.05, 3.63) is 0 Å². The molecule has 1 atom stereocenters. The van der Waals surface area contributed by atoms with Crippen LogP contribution in [0.3, 0.4) is 0 Å². The third kappa shape index (κ3) is 5.51. The van der Waals surface area contributed by atoms with Gasteiger partial charge in [0.2, 0.25) is 0 Å². The highest BCUT2D eigenvalue weighted by molar-refractivity contribution is 4.84. The van der Waals surface area contributed by atoms with Crippen LogP contribution in [0.15, 0.2) is 0 Å². The van der Waals surface area contributed by atoms with Gasteiger partial charge in [-0.1, -0.05) is 27.7 Å². The van der Waals surface area contributed by atoms with Crippen LogP contribution in [0.5, 0.6) is 0 Å². The molecule has 2 rings (SSSR count). The molecule has 0 aromatic carbocycles. The molecule has 0 spiro atoms. The van der Waals surface area contributed by atoms with Crippen molar-refractivity contribution in [1.82, 2.24) is 0 Å². The maximum Gasteiger partial charge on any atom is 0.0771 e. The molecule has 0 aliphatic carbocycles. The summed E-state index contributed by atoms with van der Waals surface area (Å²) in [5.74, 6) is 0. The van der Waals surface area contributed by atoms with Gasteiger partial charge in [-0.05, 0) is 25.7 Å². The minimum atomic E-state index is -0.310. The summed E-state index contributed by atoms with van der Waals surface area (Å²) in [5.41, 5.74) is 0.827. The van der Waals surface area contributed by atoms with Crippen LogP contribution >= 0.6 is 0 Å². The van der Waals surface area contributed by atoms with E-state index in [1.807, 2.05) is 6.92 Å². The molecule has 0 amide bonds. The highest BCUT2D eigenvalue weighted by atomic mass is 16.5. The topological polar surface area (TPSA) is 47.9 Å². The summed E-state index contributed by atoms with van der Waals surface area (Å²) in [7, 11) is 0. The Morgan fingerprint density at radius 2 is 1.38 bits per heavy atom. The summed E-state index contributed by atoms with van der Waals surface area (Å²) < 4.78 is 15.7. The molecule has 21 heavy (non-hydrogen) atoms. The van der Waals surface area contributed by atoms with Crippen LogP contribution in [-0.4, -0.2) is 50.9 Å². The largest absolute Gasteiger partial charge is 0.391 e. The Bertz CT molecular complexity index is 253. The van der Waals surface area contributed by atoms with Gasteiger partial charge in [0.25, 0.3) is 0 Å². The van der Waals surface area contributed by atoms with Gasteiger partial charge >= 0.3 is 0 Å². The quantitative estimate of drug-likeness (QED) is 0.749. The van der Waals surface area contributed by atoms with Gasteiger partial charge in [-0.25, -0.2) is 0 Å². The number of ether oxygens (including phenoxy) is 3. The zero-order valence-corrected chi connectivity index (χ0v) is 14.3. The van der Waals surface area contributed by atoms with Crippen LogP contribution in [0.4, 0.5) is 0 Å². The third-order valence-electron chi connectivity index (χ3n) is 5.07. The highest BCUT2D eigenvalue weighted by Crippen LogP contribution is 2.34. The Hall–Kier alpha value is -0.160. The van der Waals surface area contributed by atoms with Gasteiger partial charge in [-0.15, -0.1) is 0 Å². The molecule has 2 aliphatic rings. The Morgan fingerprint density at radius 3 is 1.62 bits per heavy atom. The van der Waals surface area contributed by atoms with E-state index < -0.39 is 0 Å². The smallest absolute Gasteiger partial charge is 0.0771 e. The van der Waals surface area contributed by atoms with Gasteiger partial charge in [0.15, 0.2) is 0 Å². The van der Waals surface area contributed by atoms with E-state index in [0.29, 0.717) is 12.0 Å². The average molecular weight is 302 g/mol. The van der Waals surface area contributed by atoms with Crippen molar-refractivity contribution in [1.29, 1.82) is 0 Å². The van der Waals surface area contributed by atoms with E-state index in [1.54, 1.807) is 0 Å². The zero-order chi connectivity index (χ0) is 15.8. The maximum absolute atomic E-state index is 9.26. The van der Waals surface area contributed by atoms with Crippen LogP contribution in [0.2, 0.25) is 0 Å². The normalized spacial score (nSPS) is 23.3. The fourth-order valence-electron chi connectivity index (χ4n) is 2.36.